The van der Waals surface area contributed by atoms with Crippen LogP contribution in [0.15, 0.2) is 0 Å². The molecule has 4 aliphatic carbocycles. The van der Waals surface area contributed by atoms with Crippen LogP contribution < -0.4 is 5.32 Å². The van der Waals surface area contributed by atoms with Gasteiger partial charge >= 0.3 is 5.97 Å². The summed E-state index contributed by atoms with van der Waals surface area (Å²) in [5.41, 5.74) is 0.384. The van der Waals surface area contributed by atoms with Gasteiger partial charge < -0.3 is 20.6 Å². The summed E-state index contributed by atoms with van der Waals surface area (Å²) in [6, 6.07) is -0.815. The standard InChI is InChI=1S/C30H51NO5/c1-6-17(2)27(28(35)36)31-26(34)10-7-18(3)21-8-9-22-20-16-25(33)24-15-19(32)11-13-30(24,5)23(20)12-14-29(21,22)4/h17-25,27,32-33H,6-16H2,1-5H3,(H,31,34)(H,35,36). The van der Waals surface area contributed by atoms with Gasteiger partial charge in [0.05, 0.1) is 12.2 Å². The van der Waals surface area contributed by atoms with Crippen LogP contribution in [0, 0.1) is 52.3 Å². The van der Waals surface area contributed by atoms with E-state index < -0.39 is 12.0 Å². The highest BCUT2D eigenvalue weighted by molar-refractivity contribution is 5.83. The molecule has 4 N–H and O–H groups in total. The Morgan fingerprint density at radius 2 is 1.61 bits per heavy atom. The molecular weight excluding hydrogens is 454 g/mol. The van der Waals surface area contributed by atoms with Crippen LogP contribution in [0.2, 0.25) is 0 Å². The number of hydrogen-bond acceptors (Lipinski definition) is 4. The van der Waals surface area contributed by atoms with Crippen LogP contribution >= 0.6 is 0 Å². The summed E-state index contributed by atoms with van der Waals surface area (Å²) in [6.07, 6.45) is 9.69. The Bertz CT molecular complexity index is 817. The topological polar surface area (TPSA) is 107 Å². The van der Waals surface area contributed by atoms with E-state index >= 15 is 0 Å². The van der Waals surface area contributed by atoms with Crippen molar-refractivity contribution in [3.8, 4) is 0 Å². The highest BCUT2D eigenvalue weighted by Gasteiger charge is 2.62. The van der Waals surface area contributed by atoms with Gasteiger partial charge in [-0.15, -0.1) is 0 Å². The second-order valence-corrected chi connectivity index (χ2v) is 13.7. The molecule has 0 aromatic heterocycles. The number of aliphatic carboxylic acids is 1. The number of fused-ring (bicyclic) bond motifs is 5. The van der Waals surface area contributed by atoms with Gasteiger partial charge in [-0.3, -0.25) is 4.79 Å². The Kier molecular flexibility index (Phi) is 8.17. The smallest absolute Gasteiger partial charge is 0.326 e. The first-order chi connectivity index (χ1) is 16.9. The summed E-state index contributed by atoms with van der Waals surface area (Å²) in [4.78, 5) is 24.3. The molecule has 4 rings (SSSR count). The lowest BCUT2D eigenvalue weighted by Gasteiger charge is -2.62. The lowest BCUT2D eigenvalue weighted by molar-refractivity contribution is -0.172. The van der Waals surface area contributed by atoms with Crippen LogP contribution in [0.3, 0.4) is 0 Å². The molecule has 0 saturated heterocycles. The molecule has 1 amide bonds. The number of carbonyl (C=O) groups excluding carboxylic acids is 1. The predicted octanol–water partition coefficient (Wildman–Crippen LogP) is 5.01. The molecule has 0 heterocycles. The van der Waals surface area contributed by atoms with Crippen LogP contribution in [-0.2, 0) is 9.59 Å². The third kappa shape index (κ3) is 4.86. The van der Waals surface area contributed by atoms with Crippen LogP contribution in [0.25, 0.3) is 0 Å². The van der Waals surface area contributed by atoms with Crippen molar-refractivity contribution in [2.75, 3.05) is 0 Å². The molecule has 0 aromatic carbocycles. The lowest BCUT2D eigenvalue weighted by Crippen LogP contribution is -2.58. The third-order valence-electron chi connectivity index (χ3n) is 12.0. The van der Waals surface area contributed by atoms with Crippen molar-refractivity contribution >= 4 is 11.9 Å². The van der Waals surface area contributed by atoms with Crippen molar-refractivity contribution in [3.05, 3.63) is 0 Å². The van der Waals surface area contributed by atoms with Crippen molar-refractivity contribution in [3.63, 3.8) is 0 Å². The highest BCUT2D eigenvalue weighted by atomic mass is 16.4. The van der Waals surface area contributed by atoms with Crippen LogP contribution in [0.4, 0.5) is 0 Å². The van der Waals surface area contributed by atoms with Crippen molar-refractivity contribution < 1.29 is 24.9 Å². The van der Waals surface area contributed by atoms with E-state index in [1.165, 1.54) is 25.7 Å². The maximum absolute atomic E-state index is 12.7. The predicted molar refractivity (Wildman–Crippen MR) is 140 cm³/mol. The van der Waals surface area contributed by atoms with Gasteiger partial charge in [-0.1, -0.05) is 41.0 Å². The third-order valence-corrected chi connectivity index (χ3v) is 12.0. The summed E-state index contributed by atoms with van der Waals surface area (Å²) in [5.74, 6) is 1.84. The molecule has 0 bridgehead atoms. The zero-order chi connectivity index (χ0) is 26.4. The summed E-state index contributed by atoms with van der Waals surface area (Å²) in [7, 11) is 0. The number of carbonyl (C=O) groups is 2. The largest absolute Gasteiger partial charge is 0.480 e. The van der Waals surface area contributed by atoms with Gasteiger partial charge in [-0.25, -0.2) is 4.79 Å². The molecular formula is C30H51NO5. The molecule has 0 aliphatic heterocycles. The number of rotatable bonds is 8. The quantitative estimate of drug-likeness (QED) is 0.371. The fourth-order valence-corrected chi connectivity index (χ4v) is 9.74. The number of carboxylic acid groups (broad SMARTS) is 1. The molecule has 0 radical (unpaired) electrons. The first-order valence-corrected chi connectivity index (χ1v) is 14.8. The van der Waals surface area contributed by atoms with Gasteiger partial charge in [0.2, 0.25) is 5.91 Å². The van der Waals surface area contributed by atoms with E-state index in [-0.39, 0.29) is 40.8 Å². The second kappa shape index (κ2) is 10.6. The first kappa shape index (κ1) is 27.9. The lowest BCUT2D eigenvalue weighted by atomic mass is 9.44. The average Bonchev–Trinajstić information content (AvgIpc) is 3.19. The Balaban J connectivity index is 1.40. The average molecular weight is 506 g/mol. The Morgan fingerprint density at radius 3 is 2.28 bits per heavy atom. The van der Waals surface area contributed by atoms with Gasteiger partial charge in [-0.05, 0) is 110 Å². The molecule has 206 valence electrons. The fourth-order valence-electron chi connectivity index (χ4n) is 9.74. The molecule has 6 heteroatoms. The summed E-state index contributed by atoms with van der Waals surface area (Å²) >= 11 is 0. The minimum atomic E-state index is -0.952. The number of amides is 1. The van der Waals surface area contributed by atoms with E-state index in [0.717, 1.165) is 32.1 Å². The van der Waals surface area contributed by atoms with Crippen LogP contribution in [0.1, 0.15) is 105 Å². The number of aliphatic hydroxyl groups excluding tert-OH is 2. The summed E-state index contributed by atoms with van der Waals surface area (Å²) in [6.45, 7) is 11.0. The van der Waals surface area contributed by atoms with Crippen molar-refractivity contribution in [2.45, 2.75) is 123 Å². The number of nitrogens with one attached hydrogen (secondary N) is 1. The zero-order valence-corrected chi connectivity index (χ0v) is 23.2. The van der Waals surface area contributed by atoms with Crippen LogP contribution in [-0.4, -0.2) is 45.4 Å². The molecule has 0 spiro atoms. The van der Waals surface area contributed by atoms with E-state index in [4.69, 9.17) is 0 Å². The monoisotopic (exact) mass is 505 g/mol. The minimum absolute atomic E-state index is 0.0895. The molecule has 36 heavy (non-hydrogen) atoms. The maximum atomic E-state index is 12.7. The van der Waals surface area contributed by atoms with Crippen molar-refractivity contribution in [2.24, 2.45) is 52.3 Å². The normalized spacial score (nSPS) is 44.5. The Labute approximate surface area is 218 Å². The fraction of sp³-hybridized carbons (Fsp3) is 0.933. The van der Waals surface area contributed by atoms with Gasteiger partial charge in [0.25, 0.3) is 0 Å². The molecule has 6 nitrogen and oxygen atoms in total. The number of hydrogen-bond donors (Lipinski definition) is 4. The Morgan fingerprint density at radius 1 is 0.944 bits per heavy atom. The second-order valence-electron chi connectivity index (χ2n) is 13.7. The van der Waals surface area contributed by atoms with Crippen molar-refractivity contribution in [1.29, 1.82) is 0 Å². The van der Waals surface area contributed by atoms with Gasteiger partial charge in [0.1, 0.15) is 6.04 Å². The Hall–Kier alpha value is -1.14. The van der Waals surface area contributed by atoms with E-state index in [2.05, 4.69) is 26.1 Å². The van der Waals surface area contributed by atoms with Crippen molar-refractivity contribution in [1.82, 2.24) is 5.32 Å². The zero-order valence-electron chi connectivity index (χ0n) is 23.2. The van der Waals surface area contributed by atoms with Gasteiger partial charge in [0, 0.05) is 6.42 Å². The van der Waals surface area contributed by atoms with Gasteiger partial charge in [0.15, 0.2) is 0 Å². The van der Waals surface area contributed by atoms with E-state index in [0.29, 0.717) is 42.4 Å². The van der Waals surface area contributed by atoms with Crippen LogP contribution in [0.5, 0.6) is 0 Å². The maximum Gasteiger partial charge on any atom is 0.326 e. The highest BCUT2D eigenvalue weighted by Crippen LogP contribution is 2.68. The van der Waals surface area contributed by atoms with Gasteiger partial charge in [-0.2, -0.15) is 0 Å². The molecule has 0 aromatic rings. The van der Waals surface area contributed by atoms with E-state index in [1.54, 1.807) is 0 Å². The molecule has 4 aliphatic rings. The number of aliphatic hydroxyl groups is 2. The molecule has 4 saturated carbocycles. The SMILES string of the molecule is CCC(C)C(NC(=O)CCC(C)C1CCC2C3CC(O)C4CC(O)CCC4(C)C3CCC12C)C(=O)O. The minimum Gasteiger partial charge on any atom is -0.480 e. The molecule has 4 fully saturated rings. The first-order valence-electron chi connectivity index (χ1n) is 14.8. The summed E-state index contributed by atoms with van der Waals surface area (Å²) in [5, 5.41) is 33.8. The van der Waals surface area contributed by atoms with E-state index in [9.17, 15) is 24.9 Å². The molecule has 12 atom stereocenters. The number of carboxylic acids is 1. The molecule has 12 unspecified atom stereocenters. The van der Waals surface area contributed by atoms with E-state index in [1.807, 2.05) is 13.8 Å². The summed E-state index contributed by atoms with van der Waals surface area (Å²) < 4.78 is 0.